The van der Waals surface area contributed by atoms with E-state index in [1.54, 1.807) is 0 Å². The Morgan fingerprint density at radius 3 is 1.96 bits per heavy atom. The maximum atomic E-state index is 3.85. The number of halogens is 3. The van der Waals surface area contributed by atoms with Crippen molar-refractivity contribution in [2.24, 2.45) is 0 Å². The van der Waals surface area contributed by atoms with E-state index in [0.29, 0.717) is 0 Å². The molecule has 23 heavy (non-hydrogen) atoms. The van der Waals surface area contributed by atoms with Gasteiger partial charge in [0.25, 0.3) is 0 Å². The molecule has 0 aliphatic rings. The lowest BCUT2D eigenvalue weighted by molar-refractivity contribution is 0.668. The molecule has 1 unspecified atom stereocenters. The largest absolute Gasteiger partial charge is 0.107 e. The van der Waals surface area contributed by atoms with E-state index in [4.69, 9.17) is 0 Å². The molecule has 0 bridgehead atoms. The third-order valence-electron chi connectivity index (χ3n) is 4.19. The average Bonchev–Trinajstić information content (AvgIpc) is 2.48. The van der Waals surface area contributed by atoms with E-state index in [1.807, 2.05) is 6.08 Å². The highest BCUT2D eigenvalue weighted by molar-refractivity contribution is 14.0. The SMILES string of the molecule is C=C/C=C(\C)C(C)(c1ccccc1)c1ccccc1C.I.I.I. The van der Waals surface area contributed by atoms with Gasteiger partial charge in [-0.15, -0.1) is 71.9 Å². The minimum absolute atomic E-state index is 0. The predicted molar refractivity (Wildman–Crippen MR) is 134 cm³/mol. The second-order valence-electron chi connectivity index (χ2n) is 5.39. The lowest BCUT2D eigenvalue weighted by Gasteiger charge is -2.33. The van der Waals surface area contributed by atoms with Gasteiger partial charge in [0.05, 0.1) is 0 Å². The lowest BCUT2D eigenvalue weighted by atomic mass is 9.69. The molecule has 2 rings (SSSR count). The van der Waals surface area contributed by atoms with Crippen molar-refractivity contribution >= 4 is 71.9 Å². The van der Waals surface area contributed by atoms with Crippen LogP contribution in [0.5, 0.6) is 0 Å². The van der Waals surface area contributed by atoms with E-state index in [2.05, 4.69) is 88.0 Å². The zero-order valence-electron chi connectivity index (χ0n) is 13.8. The quantitative estimate of drug-likeness (QED) is 0.242. The first-order valence-corrected chi connectivity index (χ1v) is 7.02. The highest BCUT2D eigenvalue weighted by Crippen LogP contribution is 2.40. The van der Waals surface area contributed by atoms with E-state index in [9.17, 15) is 0 Å². The molecule has 0 aromatic heterocycles. The zero-order valence-corrected chi connectivity index (χ0v) is 20.8. The van der Waals surface area contributed by atoms with Crippen LogP contribution in [0.4, 0.5) is 0 Å². The van der Waals surface area contributed by atoms with Gasteiger partial charge >= 0.3 is 0 Å². The van der Waals surface area contributed by atoms with Crippen LogP contribution >= 0.6 is 71.9 Å². The summed E-state index contributed by atoms with van der Waals surface area (Å²) >= 11 is 0. The first kappa shape index (κ1) is 25.4. The van der Waals surface area contributed by atoms with E-state index in [-0.39, 0.29) is 77.3 Å². The minimum Gasteiger partial charge on any atom is -0.107 e. The lowest BCUT2D eigenvalue weighted by Crippen LogP contribution is -2.26. The highest BCUT2D eigenvalue weighted by atomic mass is 127. The van der Waals surface area contributed by atoms with Crippen molar-refractivity contribution in [2.75, 3.05) is 0 Å². The third kappa shape index (κ3) is 5.56. The summed E-state index contributed by atoms with van der Waals surface area (Å²) in [4.78, 5) is 0. The van der Waals surface area contributed by atoms with Crippen molar-refractivity contribution in [1.82, 2.24) is 0 Å². The molecule has 0 N–H and O–H groups in total. The Bertz CT molecular complexity index is 632. The van der Waals surface area contributed by atoms with Crippen LogP contribution in [0.2, 0.25) is 0 Å². The molecular weight excluding hydrogens is 621 g/mol. The molecule has 0 amide bonds. The van der Waals surface area contributed by atoms with Gasteiger partial charge in [-0.25, -0.2) is 0 Å². The smallest absolute Gasteiger partial charge is 0.0385 e. The van der Waals surface area contributed by atoms with Gasteiger partial charge in [0.1, 0.15) is 0 Å². The summed E-state index contributed by atoms with van der Waals surface area (Å²) in [6.07, 6.45) is 3.98. The second kappa shape index (κ2) is 11.6. The summed E-state index contributed by atoms with van der Waals surface area (Å²) in [6.45, 7) is 10.5. The summed E-state index contributed by atoms with van der Waals surface area (Å²) in [5.41, 5.74) is 5.15. The van der Waals surface area contributed by atoms with Gasteiger partial charge in [-0.2, -0.15) is 0 Å². The minimum atomic E-state index is -0.124. The van der Waals surface area contributed by atoms with Gasteiger partial charge in [0.15, 0.2) is 0 Å². The molecule has 1 atom stereocenters. The van der Waals surface area contributed by atoms with Crippen LogP contribution in [-0.2, 0) is 5.41 Å². The van der Waals surface area contributed by atoms with Crippen LogP contribution in [0.1, 0.15) is 30.5 Å². The fraction of sp³-hybridized carbons (Fsp3) is 0.200. The number of benzene rings is 2. The molecule has 126 valence electrons. The van der Waals surface area contributed by atoms with Crippen molar-refractivity contribution in [3.05, 3.63) is 95.6 Å². The number of hydrogen-bond donors (Lipinski definition) is 0. The van der Waals surface area contributed by atoms with E-state index >= 15 is 0 Å². The Kier molecular flexibility index (Phi) is 12.8. The fourth-order valence-corrected chi connectivity index (χ4v) is 2.84. The molecule has 0 aliphatic heterocycles. The van der Waals surface area contributed by atoms with Crippen LogP contribution in [0.3, 0.4) is 0 Å². The van der Waals surface area contributed by atoms with Gasteiger partial charge in [-0.1, -0.05) is 78.9 Å². The van der Waals surface area contributed by atoms with Crippen LogP contribution in [-0.4, -0.2) is 0 Å². The third-order valence-corrected chi connectivity index (χ3v) is 4.19. The van der Waals surface area contributed by atoms with Gasteiger partial charge in [-0.05, 0) is 37.5 Å². The number of allylic oxidation sites excluding steroid dienone is 3. The van der Waals surface area contributed by atoms with Crippen LogP contribution < -0.4 is 0 Å². The number of aryl methyl sites for hydroxylation is 1. The summed E-state index contributed by atoms with van der Waals surface area (Å²) in [5, 5.41) is 0. The number of hydrogen-bond acceptors (Lipinski definition) is 0. The molecule has 0 fully saturated rings. The molecule has 0 aliphatic carbocycles. The van der Waals surface area contributed by atoms with Crippen LogP contribution in [0.25, 0.3) is 0 Å². The number of rotatable bonds is 4. The molecule has 0 spiro atoms. The van der Waals surface area contributed by atoms with Crippen molar-refractivity contribution in [1.29, 1.82) is 0 Å². The second-order valence-corrected chi connectivity index (χ2v) is 5.39. The Labute approximate surface area is 191 Å². The maximum absolute atomic E-state index is 3.85. The summed E-state index contributed by atoms with van der Waals surface area (Å²) < 4.78 is 0. The van der Waals surface area contributed by atoms with E-state index in [1.165, 1.54) is 22.3 Å². The van der Waals surface area contributed by atoms with Crippen molar-refractivity contribution in [3.63, 3.8) is 0 Å². The molecule has 0 radical (unpaired) electrons. The predicted octanol–water partition coefficient (Wildman–Crippen LogP) is 7.29. The van der Waals surface area contributed by atoms with E-state index < -0.39 is 0 Å². The monoisotopic (exact) mass is 646 g/mol. The Hall–Kier alpha value is 0.110. The molecule has 3 heteroatoms. The van der Waals surface area contributed by atoms with Crippen molar-refractivity contribution in [2.45, 2.75) is 26.2 Å². The van der Waals surface area contributed by atoms with Gasteiger partial charge < -0.3 is 0 Å². The fourth-order valence-electron chi connectivity index (χ4n) is 2.84. The van der Waals surface area contributed by atoms with Gasteiger partial charge in [0, 0.05) is 5.41 Å². The Balaban J connectivity index is 0. The maximum Gasteiger partial charge on any atom is 0.0385 e. The first-order valence-electron chi connectivity index (χ1n) is 7.02. The molecule has 2 aromatic rings. The average molecular weight is 646 g/mol. The van der Waals surface area contributed by atoms with Crippen LogP contribution in [0.15, 0.2) is 78.9 Å². The summed E-state index contributed by atoms with van der Waals surface area (Å²) in [7, 11) is 0. The zero-order chi connectivity index (χ0) is 14.6. The molecule has 0 saturated heterocycles. The van der Waals surface area contributed by atoms with Crippen LogP contribution in [0, 0.1) is 6.92 Å². The molecule has 0 saturated carbocycles. The molecule has 0 nitrogen and oxygen atoms in total. The van der Waals surface area contributed by atoms with Gasteiger partial charge in [-0.3, -0.25) is 0 Å². The Morgan fingerprint density at radius 2 is 1.43 bits per heavy atom. The van der Waals surface area contributed by atoms with Crippen molar-refractivity contribution in [3.8, 4) is 0 Å². The summed E-state index contributed by atoms with van der Waals surface area (Å²) in [6, 6.07) is 19.3. The first-order chi connectivity index (χ1) is 9.60. The van der Waals surface area contributed by atoms with E-state index in [0.717, 1.165) is 0 Å². The molecule has 0 heterocycles. The molecule has 2 aromatic carbocycles. The topological polar surface area (TPSA) is 0 Å². The Morgan fingerprint density at radius 1 is 0.913 bits per heavy atom. The molecular formula is C20H25I3. The van der Waals surface area contributed by atoms with Crippen molar-refractivity contribution < 1.29 is 0 Å². The van der Waals surface area contributed by atoms with Gasteiger partial charge in [0.2, 0.25) is 0 Å². The standard InChI is InChI=1S/C20H22.3HI/c1-5-11-17(3)20(4,18-13-7-6-8-14-18)19-15-10-9-12-16(19)2;;;/h5-15H,1H2,2-4H3;3*1H/b17-11+;;;. The normalized spacial score (nSPS) is 12.7. The highest BCUT2D eigenvalue weighted by Gasteiger charge is 2.31. The summed E-state index contributed by atoms with van der Waals surface area (Å²) in [5.74, 6) is 0.